The second-order valence-electron chi connectivity index (χ2n) is 3.73. The minimum atomic E-state index is -0.481. The van der Waals surface area contributed by atoms with Crippen LogP contribution < -0.4 is 10.9 Å². The van der Waals surface area contributed by atoms with Crippen molar-refractivity contribution in [3.05, 3.63) is 17.5 Å². The molecule has 14 heavy (non-hydrogen) atoms. The van der Waals surface area contributed by atoms with Crippen LogP contribution in [0.2, 0.25) is 0 Å². The lowest BCUT2D eigenvalue weighted by molar-refractivity contribution is 0.0541. The van der Waals surface area contributed by atoms with E-state index in [4.69, 9.17) is 4.74 Å². The Morgan fingerprint density at radius 2 is 2.21 bits per heavy atom. The van der Waals surface area contributed by atoms with Crippen LogP contribution in [0.4, 0.5) is 9.80 Å². The van der Waals surface area contributed by atoms with Crippen LogP contribution in [0, 0.1) is 0 Å². The van der Waals surface area contributed by atoms with E-state index in [1.165, 1.54) is 11.3 Å². The zero-order chi connectivity index (χ0) is 10.6. The highest BCUT2D eigenvalue weighted by Gasteiger charge is 2.15. The van der Waals surface area contributed by atoms with Crippen molar-refractivity contribution in [3.63, 3.8) is 0 Å². The molecule has 0 unspecified atom stereocenters. The Balaban J connectivity index is 2.29. The van der Waals surface area contributed by atoms with Crippen molar-refractivity contribution < 1.29 is 9.53 Å². The van der Waals surface area contributed by atoms with Crippen LogP contribution in [0.5, 0.6) is 0 Å². The zero-order valence-electron chi connectivity index (χ0n) is 8.46. The standard InChI is InChI=1S/C9H14N2O2S/c1-9(2,3)13-8(12)11-10-7-5-4-6-14-7/h4-6,10H,1-3H3,(H,11,12). The first kappa shape index (κ1) is 10.8. The predicted molar refractivity (Wildman–Crippen MR) is 57.3 cm³/mol. The first-order valence-electron chi connectivity index (χ1n) is 4.26. The lowest BCUT2D eigenvalue weighted by atomic mass is 10.2. The van der Waals surface area contributed by atoms with Crippen LogP contribution in [0.25, 0.3) is 0 Å². The van der Waals surface area contributed by atoms with Gasteiger partial charge in [-0.1, -0.05) is 0 Å². The monoisotopic (exact) mass is 214 g/mol. The molecule has 1 rings (SSSR count). The minimum absolute atomic E-state index is 0.471. The van der Waals surface area contributed by atoms with Gasteiger partial charge in [0.25, 0.3) is 0 Å². The van der Waals surface area contributed by atoms with E-state index in [0.717, 1.165) is 5.00 Å². The number of anilines is 1. The molecule has 1 amide bonds. The molecule has 0 fully saturated rings. The fraction of sp³-hybridized carbons (Fsp3) is 0.444. The molecule has 1 heterocycles. The van der Waals surface area contributed by atoms with Gasteiger partial charge in [0.15, 0.2) is 0 Å². The second kappa shape index (κ2) is 4.32. The van der Waals surface area contributed by atoms with Crippen molar-refractivity contribution in [1.29, 1.82) is 0 Å². The Kier molecular flexibility index (Phi) is 3.35. The molecule has 5 heteroatoms. The average molecular weight is 214 g/mol. The molecule has 0 radical (unpaired) electrons. The predicted octanol–water partition coefficient (Wildman–Crippen LogP) is 2.60. The lowest BCUT2D eigenvalue weighted by Gasteiger charge is -2.19. The van der Waals surface area contributed by atoms with E-state index in [-0.39, 0.29) is 0 Å². The van der Waals surface area contributed by atoms with E-state index in [9.17, 15) is 4.79 Å². The molecule has 0 aliphatic rings. The molecule has 0 saturated heterocycles. The quantitative estimate of drug-likeness (QED) is 0.744. The Bertz CT molecular complexity index is 290. The minimum Gasteiger partial charge on any atom is -0.443 e. The van der Waals surface area contributed by atoms with Gasteiger partial charge in [-0.2, -0.15) is 0 Å². The summed E-state index contributed by atoms with van der Waals surface area (Å²) < 4.78 is 5.03. The molecule has 0 saturated carbocycles. The highest BCUT2D eigenvalue weighted by atomic mass is 32.1. The molecule has 4 nitrogen and oxygen atoms in total. The molecule has 78 valence electrons. The fourth-order valence-corrected chi connectivity index (χ4v) is 1.34. The van der Waals surface area contributed by atoms with Gasteiger partial charge in [0.2, 0.25) is 0 Å². The van der Waals surface area contributed by atoms with Crippen LogP contribution in [0.15, 0.2) is 17.5 Å². The first-order chi connectivity index (χ1) is 6.47. The molecule has 0 bridgehead atoms. The third-order valence-electron chi connectivity index (χ3n) is 1.21. The van der Waals surface area contributed by atoms with Gasteiger partial charge in [-0.3, -0.25) is 5.43 Å². The summed E-state index contributed by atoms with van der Waals surface area (Å²) in [7, 11) is 0. The number of ether oxygens (including phenoxy) is 1. The van der Waals surface area contributed by atoms with E-state index >= 15 is 0 Å². The van der Waals surface area contributed by atoms with Crippen molar-refractivity contribution in [2.75, 3.05) is 5.43 Å². The Morgan fingerprint density at radius 1 is 1.50 bits per heavy atom. The number of nitrogens with one attached hydrogen (secondary N) is 2. The van der Waals surface area contributed by atoms with E-state index in [2.05, 4.69) is 10.9 Å². The van der Waals surface area contributed by atoms with E-state index in [1.807, 2.05) is 38.3 Å². The third-order valence-corrected chi connectivity index (χ3v) is 1.99. The van der Waals surface area contributed by atoms with Crippen molar-refractivity contribution in [2.24, 2.45) is 0 Å². The second-order valence-corrected chi connectivity index (χ2v) is 4.68. The van der Waals surface area contributed by atoms with E-state index in [1.54, 1.807) is 0 Å². The fourth-order valence-electron chi connectivity index (χ4n) is 0.766. The highest BCUT2D eigenvalue weighted by molar-refractivity contribution is 7.14. The van der Waals surface area contributed by atoms with E-state index in [0.29, 0.717) is 0 Å². The number of hydrogen-bond acceptors (Lipinski definition) is 4. The number of rotatable bonds is 2. The smallest absolute Gasteiger partial charge is 0.426 e. The van der Waals surface area contributed by atoms with Gasteiger partial charge in [-0.15, -0.1) is 11.3 Å². The molecule has 1 aromatic heterocycles. The highest BCUT2D eigenvalue weighted by Crippen LogP contribution is 2.13. The van der Waals surface area contributed by atoms with Crippen LogP contribution in [0.1, 0.15) is 20.8 Å². The maximum atomic E-state index is 11.2. The van der Waals surface area contributed by atoms with Crippen molar-refractivity contribution in [1.82, 2.24) is 5.43 Å². The Morgan fingerprint density at radius 3 is 2.71 bits per heavy atom. The molecule has 0 aliphatic carbocycles. The first-order valence-corrected chi connectivity index (χ1v) is 5.14. The number of hydrogen-bond donors (Lipinski definition) is 2. The van der Waals surface area contributed by atoms with Crippen molar-refractivity contribution in [2.45, 2.75) is 26.4 Å². The number of hydrazine groups is 1. The summed E-state index contributed by atoms with van der Waals surface area (Å²) >= 11 is 1.50. The topological polar surface area (TPSA) is 50.4 Å². The molecule has 1 aromatic rings. The maximum Gasteiger partial charge on any atom is 0.426 e. The molecule has 0 atom stereocenters. The van der Waals surface area contributed by atoms with E-state index < -0.39 is 11.7 Å². The Hall–Kier alpha value is -1.23. The van der Waals surface area contributed by atoms with Gasteiger partial charge in [-0.25, -0.2) is 10.2 Å². The van der Waals surface area contributed by atoms with Crippen molar-refractivity contribution in [3.8, 4) is 0 Å². The van der Waals surface area contributed by atoms with Gasteiger partial charge >= 0.3 is 6.09 Å². The molecular formula is C9H14N2O2S. The molecule has 2 N–H and O–H groups in total. The van der Waals surface area contributed by atoms with Crippen molar-refractivity contribution >= 4 is 22.4 Å². The lowest BCUT2D eigenvalue weighted by Crippen LogP contribution is -2.35. The summed E-state index contributed by atoms with van der Waals surface area (Å²) in [6.45, 7) is 5.45. The van der Waals surface area contributed by atoms with Crippen LogP contribution in [-0.2, 0) is 4.74 Å². The average Bonchev–Trinajstić information content (AvgIpc) is 2.49. The number of amides is 1. The maximum absolute atomic E-state index is 11.2. The van der Waals surface area contributed by atoms with Crippen LogP contribution in [-0.4, -0.2) is 11.7 Å². The SMILES string of the molecule is CC(C)(C)OC(=O)NNc1cccs1. The summed E-state index contributed by atoms with van der Waals surface area (Å²) in [5, 5.41) is 2.79. The van der Waals surface area contributed by atoms with Gasteiger partial charge in [0.1, 0.15) is 10.6 Å². The number of carbonyl (C=O) groups is 1. The molecular weight excluding hydrogens is 200 g/mol. The summed E-state index contributed by atoms with van der Waals surface area (Å²) in [5.41, 5.74) is 4.71. The van der Waals surface area contributed by atoms with Crippen LogP contribution in [0.3, 0.4) is 0 Å². The summed E-state index contributed by atoms with van der Waals surface area (Å²) in [5.74, 6) is 0. The van der Waals surface area contributed by atoms with Gasteiger partial charge < -0.3 is 4.74 Å². The summed E-state index contributed by atoms with van der Waals surface area (Å²) in [6, 6.07) is 3.76. The third kappa shape index (κ3) is 4.13. The number of thiophene rings is 1. The largest absolute Gasteiger partial charge is 0.443 e. The van der Waals surface area contributed by atoms with Crippen LogP contribution >= 0.6 is 11.3 Å². The molecule has 0 aromatic carbocycles. The number of carbonyl (C=O) groups excluding carboxylic acids is 1. The molecule has 0 spiro atoms. The van der Waals surface area contributed by atoms with Gasteiger partial charge in [0, 0.05) is 0 Å². The normalized spacial score (nSPS) is 10.8. The summed E-state index contributed by atoms with van der Waals surface area (Å²) in [4.78, 5) is 11.2. The summed E-state index contributed by atoms with van der Waals surface area (Å²) in [6.07, 6.45) is -0.481. The Labute approximate surface area is 87.2 Å². The van der Waals surface area contributed by atoms with Gasteiger partial charge in [0.05, 0.1) is 0 Å². The zero-order valence-corrected chi connectivity index (χ0v) is 9.27. The van der Waals surface area contributed by atoms with Gasteiger partial charge in [-0.05, 0) is 38.3 Å². The molecule has 0 aliphatic heterocycles.